The van der Waals surface area contributed by atoms with E-state index in [1.807, 2.05) is 7.05 Å². The van der Waals surface area contributed by atoms with E-state index in [1.165, 1.54) is 31.2 Å². The monoisotopic (exact) mass is 387 g/mol. The van der Waals surface area contributed by atoms with Crippen LogP contribution in [0.4, 0.5) is 0 Å². The van der Waals surface area contributed by atoms with Crippen molar-refractivity contribution in [2.75, 3.05) is 20.1 Å². The Balaban J connectivity index is 0.00000200. The summed E-state index contributed by atoms with van der Waals surface area (Å²) in [5, 5.41) is 6.83. The van der Waals surface area contributed by atoms with Crippen molar-refractivity contribution in [3.63, 3.8) is 0 Å². The molecule has 0 radical (unpaired) electrons. The van der Waals surface area contributed by atoms with Crippen LogP contribution in [0.3, 0.4) is 0 Å². The summed E-state index contributed by atoms with van der Waals surface area (Å²) < 4.78 is 0. The molecule has 20 heavy (non-hydrogen) atoms. The third-order valence-electron chi connectivity index (χ3n) is 3.88. The van der Waals surface area contributed by atoms with Crippen LogP contribution in [0.25, 0.3) is 0 Å². The minimum Gasteiger partial charge on any atom is -0.356 e. The van der Waals surface area contributed by atoms with Crippen LogP contribution in [0.1, 0.15) is 38.2 Å². The fraction of sp³-hybridized carbons (Fsp3) is 0.562. The lowest BCUT2D eigenvalue weighted by atomic mass is 9.96. The summed E-state index contributed by atoms with van der Waals surface area (Å²) in [6.45, 7) is 4.17. The molecule has 1 saturated carbocycles. The Morgan fingerprint density at radius 3 is 2.45 bits per heavy atom. The summed E-state index contributed by atoms with van der Waals surface area (Å²) >= 11 is 0. The van der Waals surface area contributed by atoms with Gasteiger partial charge in [-0.2, -0.15) is 0 Å². The topological polar surface area (TPSA) is 36.4 Å². The molecular weight excluding hydrogens is 361 g/mol. The van der Waals surface area contributed by atoms with Crippen molar-refractivity contribution in [2.24, 2.45) is 4.99 Å². The summed E-state index contributed by atoms with van der Waals surface area (Å²) in [7, 11) is 1.84. The first-order valence-corrected chi connectivity index (χ1v) is 7.31. The average molecular weight is 387 g/mol. The van der Waals surface area contributed by atoms with Crippen LogP contribution >= 0.6 is 24.0 Å². The van der Waals surface area contributed by atoms with Crippen LogP contribution in [0.15, 0.2) is 35.3 Å². The largest absolute Gasteiger partial charge is 0.356 e. The number of nitrogens with one attached hydrogen (secondary N) is 2. The lowest BCUT2D eigenvalue weighted by molar-refractivity contribution is 0.641. The molecule has 0 aliphatic heterocycles. The molecule has 0 heterocycles. The number of benzene rings is 1. The molecule has 0 amide bonds. The maximum Gasteiger partial charge on any atom is 0.191 e. The van der Waals surface area contributed by atoms with Crippen LogP contribution in [-0.4, -0.2) is 26.1 Å². The van der Waals surface area contributed by atoms with Gasteiger partial charge < -0.3 is 10.6 Å². The van der Waals surface area contributed by atoms with Crippen molar-refractivity contribution in [1.29, 1.82) is 0 Å². The second kappa shape index (κ2) is 8.49. The number of halogens is 1. The zero-order chi connectivity index (χ0) is 13.6. The molecule has 0 atom stereocenters. The lowest BCUT2D eigenvalue weighted by Crippen LogP contribution is -2.41. The average Bonchev–Trinajstić information content (AvgIpc) is 3.25. The van der Waals surface area contributed by atoms with Gasteiger partial charge in [0, 0.05) is 25.6 Å². The molecule has 1 fully saturated rings. The van der Waals surface area contributed by atoms with Crippen molar-refractivity contribution in [3.8, 4) is 0 Å². The van der Waals surface area contributed by atoms with Crippen LogP contribution < -0.4 is 10.6 Å². The summed E-state index contributed by atoms with van der Waals surface area (Å²) in [5.74, 6) is 0.927. The Hall–Kier alpha value is -0.780. The zero-order valence-electron chi connectivity index (χ0n) is 12.5. The third-order valence-corrected chi connectivity index (χ3v) is 3.88. The van der Waals surface area contributed by atoms with Gasteiger partial charge in [-0.05, 0) is 24.8 Å². The normalized spacial score (nSPS) is 16.2. The second-order valence-corrected chi connectivity index (χ2v) is 5.35. The minimum absolute atomic E-state index is 0. The molecule has 3 nitrogen and oxygen atoms in total. The van der Waals surface area contributed by atoms with Gasteiger partial charge in [0.1, 0.15) is 0 Å². The van der Waals surface area contributed by atoms with Crippen LogP contribution in [0, 0.1) is 0 Å². The van der Waals surface area contributed by atoms with Gasteiger partial charge in [-0.1, -0.05) is 43.7 Å². The Morgan fingerprint density at radius 1 is 1.20 bits per heavy atom. The molecule has 0 spiro atoms. The highest BCUT2D eigenvalue weighted by atomic mass is 127. The SMILES string of the molecule is CCCCNC(=NC)NCC1(c2ccccc2)CC1.I. The second-order valence-electron chi connectivity index (χ2n) is 5.35. The first-order chi connectivity index (χ1) is 9.30. The number of unbranched alkanes of at least 4 members (excludes halogenated alkanes) is 1. The molecule has 1 aromatic carbocycles. The summed E-state index contributed by atoms with van der Waals surface area (Å²) in [6, 6.07) is 10.8. The smallest absolute Gasteiger partial charge is 0.191 e. The van der Waals surface area contributed by atoms with Crippen molar-refractivity contribution >= 4 is 29.9 Å². The molecule has 4 heteroatoms. The highest BCUT2D eigenvalue weighted by molar-refractivity contribution is 14.0. The standard InChI is InChI=1S/C16H25N3.HI/c1-3-4-12-18-15(17-2)19-13-16(10-11-16)14-8-6-5-7-9-14;/h5-9H,3-4,10-13H2,1-2H3,(H2,17,18,19);1H. The molecule has 0 saturated heterocycles. The van der Waals surface area contributed by atoms with Gasteiger partial charge in [0.2, 0.25) is 0 Å². The molecule has 112 valence electrons. The predicted octanol–water partition coefficient (Wildman–Crippen LogP) is 3.30. The van der Waals surface area contributed by atoms with Crippen molar-refractivity contribution < 1.29 is 0 Å². The summed E-state index contributed by atoms with van der Waals surface area (Å²) in [6.07, 6.45) is 4.94. The summed E-state index contributed by atoms with van der Waals surface area (Å²) in [5.41, 5.74) is 1.79. The minimum atomic E-state index is 0. The number of nitrogens with zero attached hydrogens (tertiary/aromatic N) is 1. The molecule has 0 aromatic heterocycles. The van der Waals surface area contributed by atoms with Gasteiger partial charge in [-0.25, -0.2) is 0 Å². The Kier molecular flexibility index (Phi) is 7.34. The van der Waals surface area contributed by atoms with E-state index in [0.29, 0.717) is 5.41 Å². The lowest BCUT2D eigenvalue weighted by Gasteiger charge is -2.19. The van der Waals surface area contributed by atoms with Gasteiger partial charge in [0.25, 0.3) is 0 Å². The molecule has 2 rings (SSSR count). The first kappa shape index (κ1) is 17.3. The predicted molar refractivity (Wildman–Crippen MR) is 97.0 cm³/mol. The van der Waals surface area contributed by atoms with E-state index in [4.69, 9.17) is 0 Å². The zero-order valence-corrected chi connectivity index (χ0v) is 14.8. The highest BCUT2D eigenvalue weighted by Crippen LogP contribution is 2.47. The van der Waals surface area contributed by atoms with Gasteiger partial charge in [-0.15, -0.1) is 24.0 Å². The van der Waals surface area contributed by atoms with E-state index in [9.17, 15) is 0 Å². The van der Waals surface area contributed by atoms with Gasteiger partial charge in [0.05, 0.1) is 0 Å². The maximum absolute atomic E-state index is 4.28. The van der Waals surface area contributed by atoms with Gasteiger partial charge in [-0.3, -0.25) is 4.99 Å². The van der Waals surface area contributed by atoms with E-state index in [-0.39, 0.29) is 24.0 Å². The number of guanidine groups is 1. The number of hydrogen-bond acceptors (Lipinski definition) is 1. The maximum atomic E-state index is 4.28. The molecule has 2 N–H and O–H groups in total. The van der Waals surface area contributed by atoms with E-state index in [2.05, 4.69) is 52.9 Å². The number of hydrogen-bond donors (Lipinski definition) is 2. The van der Waals surface area contributed by atoms with Crippen molar-refractivity contribution in [1.82, 2.24) is 10.6 Å². The van der Waals surface area contributed by atoms with Crippen molar-refractivity contribution in [3.05, 3.63) is 35.9 Å². The van der Waals surface area contributed by atoms with Crippen molar-refractivity contribution in [2.45, 2.75) is 38.0 Å². The highest BCUT2D eigenvalue weighted by Gasteiger charge is 2.43. The van der Waals surface area contributed by atoms with E-state index in [1.54, 1.807) is 0 Å². The van der Waals surface area contributed by atoms with E-state index >= 15 is 0 Å². The number of aliphatic imine (C=N–C) groups is 1. The van der Waals surface area contributed by atoms with Crippen LogP contribution in [-0.2, 0) is 5.41 Å². The first-order valence-electron chi connectivity index (χ1n) is 7.31. The number of rotatable bonds is 6. The third kappa shape index (κ3) is 4.65. The summed E-state index contributed by atoms with van der Waals surface area (Å²) in [4.78, 5) is 4.28. The molecule has 1 aromatic rings. The van der Waals surface area contributed by atoms with Gasteiger partial charge in [0.15, 0.2) is 5.96 Å². The quantitative estimate of drug-likeness (QED) is 0.340. The van der Waals surface area contributed by atoms with Gasteiger partial charge >= 0.3 is 0 Å². The molecular formula is C16H26IN3. The Labute approximate surface area is 139 Å². The van der Waals surface area contributed by atoms with E-state index in [0.717, 1.165) is 19.0 Å². The molecule has 1 aliphatic carbocycles. The fourth-order valence-electron chi connectivity index (χ4n) is 2.37. The van der Waals surface area contributed by atoms with E-state index < -0.39 is 0 Å². The van der Waals surface area contributed by atoms with Crippen LogP contribution in [0.2, 0.25) is 0 Å². The Bertz CT molecular complexity index is 413. The molecule has 0 bridgehead atoms. The Morgan fingerprint density at radius 2 is 1.90 bits per heavy atom. The van der Waals surface area contributed by atoms with Crippen LogP contribution in [0.5, 0.6) is 0 Å². The molecule has 0 unspecified atom stereocenters. The fourth-order valence-corrected chi connectivity index (χ4v) is 2.37. The molecule has 1 aliphatic rings.